The third kappa shape index (κ3) is 3.68. The summed E-state index contributed by atoms with van der Waals surface area (Å²) < 4.78 is 25.4. The van der Waals surface area contributed by atoms with E-state index >= 15 is 0 Å². The van der Waals surface area contributed by atoms with Crippen molar-refractivity contribution in [1.29, 1.82) is 0 Å². The zero-order valence-corrected chi connectivity index (χ0v) is 16.0. The van der Waals surface area contributed by atoms with Crippen molar-refractivity contribution in [3.05, 3.63) is 72.6 Å². The summed E-state index contributed by atoms with van der Waals surface area (Å²) in [5, 5.41) is 8.44. The van der Waals surface area contributed by atoms with Gasteiger partial charge in [0.1, 0.15) is 0 Å². The predicted octanol–water partition coefficient (Wildman–Crippen LogP) is 2.35. The fourth-order valence-electron chi connectivity index (χ4n) is 3.45. The number of carbonyl (C=O) groups excluding carboxylic acids is 1. The Bertz CT molecular complexity index is 1070. The molecule has 4 rings (SSSR count). The smallest absolute Gasteiger partial charge is 0.276 e. The molecular formula is C20H20N4O3S. The summed E-state index contributed by atoms with van der Waals surface area (Å²) >= 11 is 0. The Hall–Kier alpha value is -3.00. The van der Waals surface area contributed by atoms with Crippen molar-refractivity contribution in [1.82, 2.24) is 19.9 Å². The van der Waals surface area contributed by atoms with E-state index in [0.29, 0.717) is 13.0 Å². The van der Waals surface area contributed by atoms with Crippen LogP contribution < -0.4 is 0 Å². The van der Waals surface area contributed by atoms with Gasteiger partial charge in [-0.3, -0.25) is 4.79 Å². The van der Waals surface area contributed by atoms with Gasteiger partial charge in [0.25, 0.3) is 5.91 Å². The summed E-state index contributed by atoms with van der Waals surface area (Å²) in [4.78, 5) is 16.2. The number of rotatable bonds is 5. The molecule has 28 heavy (non-hydrogen) atoms. The van der Waals surface area contributed by atoms with Gasteiger partial charge in [-0.2, -0.15) is 9.90 Å². The van der Waals surface area contributed by atoms with Crippen LogP contribution in [0.15, 0.2) is 71.8 Å². The number of sulfone groups is 1. The van der Waals surface area contributed by atoms with Crippen LogP contribution in [0.5, 0.6) is 0 Å². The van der Waals surface area contributed by atoms with Crippen LogP contribution in [0.25, 0.3) is 5.69 Å². The number of nitrogens with zero attached hydrogens (tertiary/aromatic N) is 4. The number of aromatic nitrogens is 3. The zero-order chi connectivity index (χ0) is 19.6. The second-order valence-electron chi connectivity index (χ2n) is 6.74. The van der Waals surface area contributed by atoms with Crippen LogP contribution in [0.3, 0.4) is 0 Å². The molecule has 1 aromatic heterocycles. The molecule has 2 aromatic carbocycles. The first-order valence-corrected chi connectivity index (χ1v) is 10.8. The maximum absolute atomic E-state index is 12.9. The molecule has 144 valence electrons. The first kappa shape index (κ1) is 18.4. The molecule has 0 bridgehead atoms. The molecule has 1 aliphatic rings. The first-order valence-electron chi connectivity index (χ1n) is 9.11. The Balaban J connectivity index is 1.52. The van der Waals surface area contributed by atoms with Crippen LogP contribution in [-0.2, 0) is 9.84 Å². The van der Waals surface area contributed by atoms with Crippen molar-refractivity contribution >= 4 is 15.7 Å². The van der Waals surface area contributed by atoms with E-state index < -0.39 is 9.84 Å². The van der Waals surface area contributed by atoms with Crippen LogP contribution in [0.2, 0.25) is 0 Å². The maximum Gasteiger partial charge on any atom is 0.276 e. The fourth-order valence-corrected chi connectivity index (χ4v) is 5.07. The van der Waals surface area contributed by atoms with Crippen LogP contribution >= 0.6 is 0 Å². The van der Waals surface area contributed by atoms with E-state index in [9.17, 15) is 13.2 Å². The number of carbonyl (C=O) groups is 1. The third-order valence-electron chi connectivity index (χ3n) is 4.85. The highest BCUT2D eigenvalue weighted by Gasteiger charge is 2.34. The fraction of sp³-hybridized carbons (Fsp3) is 0.250. The molecule has 8 heteroatoms. The lowest BCUT2D eigenvalue weighted by Gasteiger charge is -2.23. The van der Waals surface area contributed by atoms with E-state index in [4.69, 9.17) is 0 Å². The third-order valence-corrected chi connectivity index (χ3v) is 6.66. The average molecular weight is 396 g/mol. The van der Waals surface area contributed by atoms with Gasteiger partial charge in [-0.15, -0.1) is 5.10 Å². The Morgan fingerprint density at radius 3 is 2.43 bits per heavy atom. The summed E-state index contributed by atoms with van der Waals surface area (Å²) in [6.45, 7) is 0.520. The number of amides is 1. The van der Waals surface area contributed by atoms with Gasteiger partial charge in [0, 0.05) is 12.6 Å². The van der Waals surface area contributed by atoms with Gasteiger partial charge in [0.2, 0.25) is 0 Å². The number of para-hydroxylation sites is 1. The molecule has 1 amide bonds. The van der Waals surface area contributed by atoms with Crippen LogP contribution in [0, 0.1) is 0 Å². The number of benzene rings is 2. The van der Waals surface area contributed by atoms with Crippen molar-refractivity contribution in [2.24, 2.45) is 0 Å². The molecule has 1 aliphatic heterocycles. The van der Waals surface area contributed by atoms with Crippen LogP contribution in [0.1, 0.15) is 23.3 Å². The van der Waals surface area contributed by atoms with Gasteiger partial charge in [0.05, 0.1) is 22.5 Å². The predicted molar refractivity (Wildman–Crippen MR) is 104 cm³/mol. The monoisotopic (exact) mass is 396 g/mol. The summed E-state index contributed by atoms with van der Waals surface area (Å²) in [7, 11) is -3.47. The highest BCUT2D eigenvalue weighted by atomic mass is 32.2. The largest absolute Gasteiger partial charge is 0.333 e. The zero-order valence-electron chi connectivity index (χ0n) is 15.2. The summed E-state index contributed by atoms with van der Waals surface area (Å²) in [5.41, 5.74) is 0.971. The number of likely N-dealkylation sites (tertiary alicyclic amines) is 1. The Morgan fingerprint density at radius 2 is 1.71 bits per heavy atom. The molecule has 0 N–H and O–H groups in total. The van der Waals surface area contributed by atoms with Crippen molar-refractivity contribution in [2.45, 2.75) is 23.8 Å². The average Bonchev–Trinajstić information content (AvgIpc) is 3.38. The molecule has 0 spiro atoms. The van der Waals surface area contributed by atoms with E-state index in [0.717, 1.165) is 12.1 Å². The quantitative estimate of drug-likeness (QED) is 0.661. The van der Waals surface area contributed by atoms with E-state index in [1.54, 1.807) is 35.2 Å². The number of hydrogen-bond acceptors (Lipinski definition) is 5. The molecule has 3 aromatic rings. The molecule has 1 unspecified atom stereocenters. The number of hydrogen-bond donors (Lipinski definition) is 0. The van der Waals surface area contributed by atoms with E-state index in [2.05, 4.69) is 10.2 Å². The molecule has 2 heterocycles. The van der Waals surface area contributed by atoms with Crippen molar-refractivity contribution < 1.29 is 13.2 Å². The second-order valence-corrected chi connectivity index (χ2v) is 8.78. The maximum atomic E-state index is 12.9. The molecule has 0 aliphatic carbocycles. The lowest BCUT2D eigenvalue weighted by Crippen LogP contribution is -2.39. The summed E-state index contributed by atoms with van der Waals surface area (Å²) in [5.74, 6) is -0.372. The van der Waals surface area contributed by atoms with Gasteiger partial charge in [-0.05, 0) is 37.1 Å². The molecule has 1 fully saturated rings. The van der Waals surface area contributed by atoms with Gasteiger partial charge < -0.3 is 4.90 Å². The molecule has 7 nitrogen and oxygen atoms in total. The van der Waals surface area contributed by atoms with Crippen molar-refractivity contribution in [3.8, 4) is 5.69 Å². The Kier molecular flexibility index (Phi) is 4.95. The van der Waals surface area contributed by atoms with E-state index in [1.807, 2.05) is 30.3 Å². The van der Waals surface area contributed by atoms with Crippen molar-refractivity contribution in [3.63, 3.8) is 0 Å². The molecular weight excluding hydrogens is 376 g/mol. The van der Waals surface area contributed by atoms with Crippen LogP contribution in [-0.4, -0.2) is 52.6 Å². The lowest BCUT2D eigenvalue weighted by atomic mass is 10.2. The highest BCUT2D eigenvalue weighted by molar-refractivity contribution is 7.91. The van der Waals surface area contributed by atoms with Gasteiger partial charge in [-0.1, -0.05) is 36.4 Å². The lowest BCUT2D eigenvalue weighted by molar-refractivity contribution is 0.0743. The van der Waals surface area contributed by atoms with Gasteiger partial charge in [-0.25, -0.2) is 8.42 Å². The molecule has 1 saturated heterocycles. The SMILES string of the molecule is O=C(c1cnn(-c2ccccc2)n1)N1CCCC1CS(=O)(=O)c1ccccc1. The molecule has 0 saturated carbocycles. The minimum Gasteiger partial charge on any atom is -0.333 e. The second kappa shape index (κ2) is 7.55. The van der Waals surface area contributed by atoms with Gasteiger partial charge in [0.15, 0.2) is 15.5 Å². The van der Waals surface area contributed by atoms with Crippen molar-refractivity contribution in [2.75, 3.05) is 12.3 Å². The van der Waals surface area contributed by atoms with E-state index in [1.165, 1.54) is 11.0 Å². The van der Waals surface area contributed by atoms with E-state index in [-0.39, 0.29) is 28.3 Å². The highest BCUT2D eigenvalue weighted by Crippen LogP contribution is 2.23. The normalized spacial score (nSPS) is 17.0. The van der Waals surface area contributed by atoms with Gasteiger partial charge >= 0.3 is 0 Å². The van der Waals surface area contributed by atoms with Crippen LogP contribution in [0.4, 0.5) is 0 Å². The molecule has 1 atom stereocenters. The minimum atomic E-state index is -3.47. The molecule has 0 radical (unpaired) electrons. The Labute approximate surface area is 163 Å². The Morgan fingerprint density at radius 1 is 1.04 bits per heavy atom. The minimum absolute atomic E-state index is 0.0877. The first-order chi connectivity index (χ1) is 13.5. The summed E-state index contributed by atoms with van der Waals surface area (Å²) in [6.07, 6.45) is 2.86. The summed E-state index contributed by atoms with van der Waals surface area (Å²) in [6, 6.07) is 17.3. The topological polar surface area (TPSA) is 85.2 Å². The standard InChI is InChI=1S/C20H20N4O3S/c25-20(19-14-21-24(22-19)16-8-3-1-4-9-16)23-13-7-10-17(23)15-28(26,27)18-11-5-2-6-12-18/h1-6,8-9,11-12,14,17H,7,10,13,15H2.